The second-order valence-corrected chi connectivity index (χ2v) is 9.07. The summed E-state index contributed by atoms with van der Waals surface area (Å²) in [6, 6.07) is 5.26. The minimum absolute atomic E-state index is 0.0780. The highest BCUT2D eigenvalue weighted by atomic mass is 16.5. The number of methoxy groups -OCH3 is 1. The third-order valence-electron chi connectivity index (χ3n) is 6.87. The summed E-state index contributed by atoms with van der Waals surface area (Å²) < 4.78 is 5.24. The summed E-state index contributed by atoms with van der Waals surface area (Å²) in [5.74, 6) is -0.719. The van der Waals surface area contributed by atoms with E-state index in [1.165, 1.54) is 17.7 Å². The number of amides is 2. The molecule has 8 heteroatoms. The highest BCUT2D eigenvalue weighted by molar-refractivity contribution is 6.45. The molecule has 2 aliphatic rings. The SMILES string of the molecule is COc1ccc2c(C(=O)C(=O)N(CC(=O)NCCN3CCCC3)C3CCCCC3)c[nH]c2c1. The molecule has 4 rings (SSSR count). The third-order valence-corrected chi connectivity index (χ3v) is 6.87. The summed E-state index contributed by atoms with van der Waals surface area (Å²) in [7, 11) is 1.58. The van der Waals surface area contributed by atoms with Gasteiger partial charge in [0.15, 0.2) is 0 Å². The van der Waals surface area contributed by atoms with Crippen LogP contribution in [0.3, 0.4) is 0 Å². The topological polar surface area (TPSA) is 94.7 Å². The maximum absolute atomic E-state index is 13.4. The first-order valence-electron chi connectivity index (χ1n) is 12.1. The molecule has 2 heterocycles. The molecule has 1 aliphatic heterocycles. The number of nitrogens with one attached hydrogen (secondary N) is 2. The lowest BCUT2D eigenvalue weighted by molar-refractivity contribution is -0.135. The maximum atomic E-state index is 13.4. The molecule has 0 spiro atoms. The van der Waals surface area contributed by atoms with E-state index >= 15 is 0 Å². The van der Waals surface area contributed by atoms with Crippen LogP contribution in [0.5, 0.6) is 5.75 Å². The molecule has 8 nitrogen and oxygen atoms in total. The predicted molar refractivity (Wildman–Crippen MR) is 126 cm³/mol. The summed E-state index contributed by atoms with van der Waals surface area (Å²) in [5, 5.41) is 3.62. The Morgan fingerprint density at radius 2 is 1.88 bits per heavy atom. The van der Waals surface area contributed by atoms with E-state index in [0.29, 0.717) is 23.2 Å². The molecule has 0 atom stereocenters. The number of aromatic amines is 1. The van der Waals surface area contributed by atoms with E-state index in [2.05, 4.69) is 15.2 Å². The molecule has 1 aromatic carbocycles. The quantitative estimate of drug-likeness (QED) is 0.449. The standard InChI is InChI=1S/C25H34N4O4/c1-33-19-9-10-20-21(16-27-22(20)15-19)24(31)25(32)29(18-7-3-2-4-8-18)17-23(30)26-11-14-28-12-5-6-13-28/h9-10,15-16,18,27H,2-8,11-14,17H2,1H3,(H,26,30). The Kier molecular flexibility index (Phi) is 7.65. The van der Waals surface area contributed by atoms with Crippen LogP contribution in [0.15, 0.2) is 24.4 Å². The van der Waals surface area contributed by atoms with Crippen LogP contribution in [0.25, 0.3) is 10.9 Å². The number of hydrogen-bond acceptors (Lipinski definition) is 5. The van der Waals surface area contributed by atoms with Crippen LogP contribution in [-0.4, -0.2) is 78.3 Å². The van der Waals surface area contributed by atoms with Crippen molar-refractivity contribution >= 4 is 28.5 Å². The summed E-state index contributed by atoms with van der Waals surface area (Å²) >= 11 is 0. The number of ether oxygens (including phenoxy) is 1. The van der Waals surface area contributed by atoms with Crippen LogP contribution in [0.4, 0.5) is 0 Å². The zero-order valence-electron chi connectivity index (χ0n) is 19.4. The van der Waals surface area contributed by atoms with Crippen molar-refractivity contribution < 1.29 is 19.1 Å². The normalized spacial score (nSPS) is 17.2. The van der Waals surface area contributed by atoms with Crippen LogP contribution >= 0.6 is 0 Å². The van der Waals surface area contributed by atoms with Gasteiger partial charge >= 0.3 is 0 Å². The van der Waals surface area contributed by atoms with Gasteiger partial charge in [0, 0.05) is 42.3 Å². The highest BCUT2D eigenvalue weighted by Crippen LogP contribution is 2.26. The van der Waals surface area contributed by atoms with Crippen LogP contribution in [-0.2, 0) is 9.59 Å². The first-order chi connectivity index (χ1) is 16.1. The van der Waals surface area contributed by atoms with Crippen LogP contribution < -0.4 is 10.1 Å². The summed E-state index contributed by atoms with van der Waals surface area (Å²) in [6.07, 6.45) is 8.77. The van der Waals surface area contributed by atoms with Gasteiger partial charge in [-0.25, -0.2) is 0 Å². The fourth-order valence-electron chi connectivity index (χ4n) is 5.00. The molecule has 0 bridgehead atoms. The largest absolute Gasteiger partial charge is 0.497 e. The van der Waals surface area contributed by atoms with Crippen LogP contribution in [0.2, 0.25) is 0 Å². The fraction of sp³-hybridized carbons (Fsp3) is 0.560. The summed E-state index contributed by atoms with van der Waals surface area (Å²) in [6.45, 7) is 3.46. The number of H-pyrrole nitrogens is 1. The molecule has 1 aromatic heterocycles. The number of carbonyl (C=O) groups is 3. The van der Waals surface area contributed by atoms with Gasteiger partial charge in [0.25, 0.3) is 11.7 Å². The summed E-state index contributed by atoms with van der Waals surface area (Å²) in [5.41, 5.74) is 1.06. The molecular weight excluding hydrogens is 420 g/mol. The number of rotatable bonds is 9. The van der Waals surface area contributed by atoms with Gasteiger partial charge in [-0.1, -0.05) is 19.3 Å². The molecule has 2 amide bonds. The third kappa shape index (κ3) is 5.55. The molecule has 1 aliphatic carbocycles. The molecule has 1 saturated heterocycles. The number of benzene rings is 1. The van der Waals surface area contributed by atoms with Crippen LogP contribution in [0, 0.1) is 0 Å². The van der Waals surface area contributed by atoms with Gasteiger partial charge in [-0.3, -0.25) is 14.4 Å². The minimum atomic E-state index is -0.603. The second kappa shape index (κ2) is 10.8. The average Bonchev–Trinajstić information content (AvgIpc) is 3.51. The first-order valence-corrected chi connectivity index (χ1v) is 12.1. The van der Waals surface area contributed by atoms with Gasteiger partial charge in [-0.15, -0.1) is 0 Å². The molecule has 33 heavy (non-hydrogen) atoms. The fourth-order valence-corrected chi connectivity index (χ4v) is 5.00. The van der Waals surface area contributed by atoms with E-state index in [-0.39, 0.29) is 18.5 Å². The van der Waals surface area contributed by atoms with Crippen molar-refractivity contribution in [2.24, 2.45) is 0 Å². The van der Waals surface area contributed by atoms with E-state index in [0.717, 1.165) is 57.3 Å². The molecule has 1 saturated carbocycles. The lowest BCUT2D eigenvalue weighted by atomic mass is 9.93. The number of carbonyl (C=O) groups excluding carboxylic acids is 3. The van der Waals surface area contributed by atoms with Gasteiger partial charge in [-0.2, -0.15) is 0 Å². The zero-order valence-corrected chi connectivity index (χ0v) is 19.4. The molecule has 0 radical (unpaired) electrons. The Labute approximate surface area is 194 Å². The number of aromatic nitrogens is 1. The number of nitrogens with zero attached hydrogens (tertiary/aromatic N) is 2. The van der Waals surface area contributed by atoms with E-state index in [1.807, 2.05) is 0 Å². The lowest BCUT2D eigenvalue weighted by Gasteiger charge is -2.33. The van der Waals surface area contributed by atoms with Crippen molar-refractivity contribution in [3.05, 3.63) is 30.0 Å². The predicted octanol–water partition coefficient (Wildman–Crippen LogP) is 2.73. The summed E-state index contributed by atoms with van der Waals surface area (Å²) in [4.78, 5) is 46.2. The van der Waals surface area contributed by atoms with Crippen LogP contribution in [0.1, 0.15) is 55.3 Å². The van der Waals surface area contributed by atoms with Crippen molar-refractivity contribution in [3.8, 4) is 5.75 Å². The van der Waals surface area contributed by atoms with Crippen molar-refractivity contribution in [1.29, 1.82) is 0 Å². The molecular formula is C25H34N4O4. The van der Waals surface area contributed by atoms with Gasteiger partial charge in [0.2, 0.25) is 5.91 Å². The molecule has 2 N–H and O–H groups in total. The smallest absolute Gasteiger partial charge is 0.295 e. The Morgan fingerprint density at radius 1 is 1.12 bits per heavy atom. The Morgan fingerprint density at radius 3 is 2.61 bits per heavy atom. The number of likely N-dealkylation sites (tertiary alicyclic amines) is 1. The Hall–Kier alpha value is -2.87. The minimum Gasteiger partial charge on any atom is -0.497 e. The molecule has 178 valence electrons. The highest BCUT2D eigenvalue weighted by Gasteiger charge is 2.32. The van der Waals surface area contributed by atoms with E-state index < -0.39 is 11.7 Å². The van der Waals surface area contributed by atoms with Crippen molar-refractivity contribution in [2.75, 3.05) is 39.8 Å². The Balaban J connectivity index is 1.45. The van der Waals surface area contributed by atoms with Gasteiger partial charge < -0.3 is 24.8 Å². The molecule has 2 fully saturated rings. The Bertz CT molecular complexity index is 989. The monoisotopic (exact) mass is 454 g/mol. The zero-order chi connectivity index (χ0) is 23.2. The number of Topliss-reactive ketones (excluding diaryl/α,β-unsaturated/α-hetero) is 1. The molecule has 2 aromatic rings. The molecule has 0 unspecified atom stereocenters. The number of fused-ring (bicyclic) bond motifs is 1. The van der Waals surface area contributed by atoms with Gasteiger partial charge in [0.1, 0.15) is 12.3 Å². The number of hydrogen-bond donors (Lipinski definition) is 2. The van der Waals surface area contributed by atoms with E-state index in [9.17, 15) is 14.4 Å². The van der Waals surface area contributed by atoms with E-state index in [1.54, 1.807) is 31.5 Å². The first kappa shape index (κ1) is 23.3. The van der Waals surface area contributed by atoms with E-state index in [4.69, 9.17) is 4.74 Å². The van der Waals surface area contributed by atoms with Crippen molar-refractivity contribution in [2.45, 2.75) is 51.0 Å². The van der Waals surface area contributed by atoms with Crippen molar-refractivity contribution in [1.82, 2.24) is 20.1 Å². The van der Waals surface area contributed by atoms with Gasteiger partial charge in [0.05, 0.1) is 12.7 Å². The van der Waals surface area contributed by atoms with Gasteiger partial charge in [-0.05, 0) is 50.9 Å². The maximum Gasteiger partial charge on any atom is 0.295 e. The number of ketones is 1. The lowest BCUT2D eigenvalue weighted by Crippen LogP contribution is -2.50. The average molecular weight is 455 g/mol. The van der Waals surface area contributed by atoms with Crippen molar-refractivity contribution in [3.63, 3.8) is 0 Å². The second-order valence-electron chi connectivity index (χ2n) is 9.07.